The highest BCUT2D eigenvalue weighted by molar-refractivity contribution is 5.81. The number of rotatable bonds is 7. The Morgan fingerprint density at radius 3 is 2.58 bits per heavy atom. The van der Waals surface area contributed by atoms with Gasteiger partial charge < -0.3 is 10.1 Å². The first-order chi connectivity index (χ1) is 9.17. The highest BCUT2D eigenvalue weighted by Gasteiger charge is 2.03. The summed E-state index contributed by atoms with van der Waals surface area (Å²) in [6.07, 6.45) is 4.31. The van der Waals surface area contributed by atoms with E-state index in [1.807, 2.05) is 0 Å². The molecule has 0 saturated heterocycles. The summed E-state index contributed by atoms with van der Waals surface area (Å²) in [6.45, 7) is 7.12. The molecule has 1 atom stereocenters. The molecule has 19 heavy (non-hydrogen) atoms. The van der Waals surface area contributed by atoms with E-state index in [1.165, 1.54) is 17.2 Å². The Bertz CT molecular complexity index is 409. The quantitative estimate of drug-likeness (QED) is 0.605. The van der Waals surface area contributed by atoms with Crippen LogP contribution in [0.25, 0.3) is 0 Å². The standard InChI is InChI=1S/C16H23NO2/c1-4-14-8-10-15(11-9-14)13(3)17-12-6-7-16(18)19-5-2/h6-11,13,17H,4-5,12H2,1-3H3/b7-6+. The van der Waals surface area contributed by atoms with Gasteiger partial charge >= 0.3 is 5.97 Å². The van der Waals surface area contributed by atoms with Crippen LogP contribution in [0.1, 0.15) is 37.9 Å². The van der Waals surface area contributed by atoms with Crippen molar-refractivity contribution < 1.29 is 9.53 Å². The van der Waals surface area contributed by atoms with Crippen molar-refractivity contribution in [1.29, 1.82) is 0 Å². The van der Waals surface area contributed by atoms with E-state index in [1.54, 1.807) is 13.0 Å². The second-order valence-electron chi connectivity index (χ2n) is 4.38. The molecule has 0 aliphatic rings. The van der Waals surface area contributed by atoms with E-state index < -0.39 is 0 Å². The number of ether oxygens (including phenoxy) is 1. The molecule has 1 unspecified atom stereocenters. The van der Waals surface area contributed by atoms with Crippen molar-refractivity contribution in [3.05, 3.63) is 47.5 Å². The van der Waals surface area contributed by atoms with Crippen molar-refractivity contribution in [1.82, 2.24) is 5.32 Å². The van der Waals surface area contributed by atoms with Crippen LogP contribution in [0.5, 0.6) is 0 Å². The normalized spacial score (nSPS) is 12.6. The summed E-state index contributed by atoms with van der Waals surface area (Å²) >= 11 is 0. The van der Waals surface area contributed by atoms with E-state index in [9.17, 15) is 4.79 Å². The van der Waals surface area contributed by atoms with E-state index in [2.05, 4.69) is 43.4 Å². The van der Waals surface area contributed by atoms with Gasteiger partial charge in [-0.3, -0.25) is 0 Å². The fraction of sp³-hybridized carbons (Fsp3) is 0.438. The lowest BCUT2D eigenvalue weighted by Crippen LogP contribution is -2.18. The number of hydrogen-bond donors (Lipinski definition) is 1. The van der Waals surface area contributed by atoms with Crippen molar-refractivity contribution >= 4 is 5.97 Å². The maximum Gasteiger partial charge on any atom is 0.330 e. The number of carbonyl (C=O) groups is 1. The molecule has 0 heterocycles. The van der Waals surface area contributed by atoms with Crippen LogP contribution < -0.4 is 5.32 Å². The average Bonchev–Trinajstić information content (AvgIpc) is 2.44. The average molecular weight is 261 g/mol. The van der Waals surface area contributed by atoms with Crippen molar-refractivity contribution in [2.75, 3.05) is 13.2 Å². The zero-order valence-corrected chi connectivity index (χ0v) is 12.0. The van der Waals surface area contributed by atoms with Crippen LogP contribution in [0.2, 0.25) is 0 Å². The molecule has 0 aliphatic carbocycles. The van der Waals surface area contributed by atoms with Gasteiger partial charge in [0.2, 0.25) is 0 Å². The van der Waals surface area contributed by atoms with Gasteiger partial charge in [-0.25, -0.2) is 4.79 Å². The Labute approximate surface area is 115 Å². The van der Waals surface area contributed by atoms with Gasteiger partial charge in [0.25, 0.3) is 0 Å². The van der Waals surface area contributed by atoms with Gasteiger partial charge in [-0.2, -0.15) is 0 Å². The van der Waals surface area contributed by atoms with Crippen LogP contribution in [0, 0.1) is 0 Å². The van der Waals surface area contributed by atoms with E-state index in [0.717, 1.165) is 6.42 Å². The predicted octanol–water partition coefficient (Wildman–Crippen LogP) is 3.02. The first kappa shape index (κ1) is 15.4. The van der Waals surface area contributed by atoms with Crippen LogP contribution in [0.4, 0.5) is 0 Å². The van der Waals surface area contributed by atoms with Gasteiger partial charge in [0, 0.05) is 18.7 Å². The highest BCUT2D eigenvalue weighted by Crippen LogP contribution is 2.13. The fourth-order valence-corrected chi connectivity index (χ4v) is 1.75. The molecule has 3 heteroatoms. The maximum absolute atomic E-state index is 11.1. The summed E-state index contributed by atoms with van der Waals surface area (Å²) in [7, 11) is 0. The minimum atomic E-state index is -0.288. The summed E-state index contributed by atoms with van der Waals surface area (Å²) < 4.78 is 4.81. The molecule has 0 aliphatic heterocycles. The molecule has 1 aromatic carbocycles. The third-order valence-corrected chi connectivity index (χ3v) is 2.97. The van der Waals surface area contributed by atoms with Gasteiger partial charge in [0.05, 0.1) is 6.61 Å². The maximum atomic E-state index is 11.1. The van der Waals surface area contributed by atoms with Gasteiger partial charge in [0.1, 0.15) is 0 Å². The van der Waals surface area contributed by atoms with E-state index >= 15 is 0 Å². The number of aryl methyl sites for hydroxylation is 1. The van der Waals surface area contributed by atoms with Gasteiger partial charge in [-0.05, 0) is 31.4 Å². The van der Waals surface area contributed by atoms with Crippen molar-refractivity contribution in [2.45, 2.75) is 33.2 Å². The molecule has 0 bridgehead atoms. The molecule has 104 valence electrons. The molecule has 0 amide bonds. The Kier molecular flexibility index (Phi) is 6.90. The molecule has 1 N–H and O–H groups in total. The molecule has 0 fully saturated rings. The van der Waals surface area contributed by atoms with Crippen LogP contribution >= 0.6 is 0 Å². The third kappa shape index (κ3) is 5.71. The van der Waals surface area contributed by atoms with Gasteiger partial charge in [0.15, 0.2) is 0 Å². The first-order valence-electron chi connectivity index (χ1n) is 6.82. The zero-order valence-electron chi connectivity index (χ0n) is 12.0. The van der Waals surface area contributed by atoms with Crippen molar-refractivity contribution in [3.8, 4) is 0 Å². The molecule has 1 aromatic rings. The minimum absolute atomic E-state index is 0.262. The summed E-state index contributed by atoms with van der Waals surface area (Å²) in [6, 6.07) is 8.86. The van der Waals surface area contributed by atoms with Crippen LogP contribution in [-0.2, 0) is 16.0 Å². The number of nitrogens with one attached hydrogen (secondary N) is 1. The minimum Gasteiger partial charge on any atom is -0.463 e. The van der Waals surface area contributed by atoms with Crippen molar-refractivity contribution in [3.63, 3.8) is 0 Å². The summed E-state index contributed by atoms with van der Waals surface area (Å²) in [4.78, 5) is 11.1. The van der Waals surface area contributed by atoms with Gasteiger partial charge in [-0.15, -0.1) is 0 Å². The Morgan fingerprint density at radius 2 is 2.00 bits per heavy atom. The van der Waals surface area contributed by atoms with E-state index in [4.69, 9.17) is 4.74 Å². The second kappa shape index (κ2) is 8.48. The molecule has 0 radical (unpaired) electrons. The number of carbonyl (C=O) groups excluding carboxylic acids is 1. The lowest BCUT2D eigenvalue weighted by molar-refractivity contribution is -0.137. The topological polar surface area (TPSA) is 38.3 Å². The largest absolute Gasteiger partial charge is 0.463 e. The number of esters is 1. The lowest BCUT2D eigenvalue weighted by Gasteiger charge is -2.13. The molecular formula is C16H23NO2. The Balaban J connectivity index is 2.38. The number of benzene rings is 1. The van der Waals surface area contributed by atoms with Crippen LogP contribution in [-0.4, -0.2) is 19.1 Å². The molecule has 0 aromatic heterocycles. The molecule has 0 saturated carbocycles. The fourth-order valence-electron chi connectivity index (χ4n) is 1.75. The lowest BCUT2D eigenvalue weighted by atomic mass is 10.1. The van der Waals surface area contributed by atoms with Crippen LogP contribution in [0.15, 0.2) is 36.4 Å². The van der Waals surface area contributed by atoms with Crippen molar-refractivity contribution in [2.24, 2.45) is 0 Å². The SMILES string of the molecule is CCOC(=O)/C=C/CNC(C)c1ccc(CC)cc1. The Hall–Kier alpha value is -1.61. The molecule has 3 nitrogen and oxygen atoms in total. The molecule has 1 rings (SSSR count). The number of hydrogen-bond acceptors (Lipinski definition) is 3. The molecule has 0 spiro atoms. The highest BCUT2D eigenvalue weighted by atomic mass is 16.5. The summed E-state index contributed by atoms with van der Waals surface area (Å²) in [5.41, 5.74) is 2.60. The first-order valence-corrected chi connectivity index (χ1v) is 6.82. The zero-order chi connectivity index (χ0) is 14.1. The third-order valence-electron chi connectivity index (χ3n) is 2.97. The van der Waals surface area contributed by atoms with E-state index in [0.29, 0.717) is 13.2 Å². The van der Waals surface area contributed by atoms with Gasteiger partial charge in [-0.1, -0.05) is 37.3 Å². The van der Waals surface area contributed by atoms with Crippen LogP contribution in [0.3, 0.4) is 0 Å². The summed E-state index contributed by atoms with van der Waals surface area (Å²) in [5, 5.41) is 3.34. The monoisotopic (exact) mass is 261 g/mol. The predicted molar refractivity (Wildman–Crippen MR) is 78.0 cm³/mol. The summed E-state index contributed by atoms with van der Waals surface area (Å²) in [5.74, 6) is -0.288. The smallest absolute Gasteiger partial charge is 0.330 e. The van der Waals surface area contributed by atoms with E-state index in [-0.39, 0.29) is 12.0 Å². The Morgan fingerprint density at radius 1 is 1.32 bits per heavy atom. The molecular weight excluding hydrogens is 238 g/mol. The second-order valence-corrected chi connectivity index (χ2v) is 4.38.